The number of aromatic nitrogens is 3. The van der Waals surface area contributed by atoms with Crippen molar-refractivity contribution in [2.75, 3.05) is 0 Å². The summed E-state index contributed by atoms with van der Waals surface area (Å²) < 4.78 is 8.88. The van der Waals surface area contributed by atoms with Gasteiger partial charge >= 0.3 is 0 Å². The third-order valence-corrected chi connectivity index (χ3v) is 13.1. The summed E-state index contributed by atoms with van der Waals surface area (Å²) in [5.74, 6) is 2.91. The van der Waals surface area contributed by atoms with Crippen LogP contribution >= 0.6 is 0 Å². The van der Waals surface area contributed by atoms with Crippen LogP contribution in [0.4, 0.5) is 0 Å². The first-order chi connectivity index (χ1) is 31.4. The molecule has 344 valence electrons. The van der Waals surface area contributed by atoms with Crippen molar-refractivity contribution >= 4 is 22.0 Å². The van der Waals surface area contributed by atoms with Crippen LogP contribution in [0.15, 0.2) is 138 Å². The van der Waals surface area contributed by atoms with Gasteiger partial charge in [-0.1, -0.05) is 179 Å². The van der Waals surface area contributed by atoms with Crippen LogP contribution in [0.1, 0.15) is 129 Å². The third-order valence-electron chi connectivity index (χ3n) is 13.1. The Balaban J connectivity index is 0.00000608. The van der Waals surface area contributed by atoms with Crippen molar-refractivity contribution in [3.05, 3.63) is 167 Å². The van der Waals surface area contributed by atoms with E-state index in [2.05, 4.69) is 215 Å². The first kappa shape index (κ1) is 47.5. The summed E-state index contributed by atoms with van der Waals surface area (Å²) in [4.78, 5) is 10.5. The number of hydrogen-bond donors (Lipinski definition) is 1. The Labute approximate surface area is 411 Å². The van der Waals surface area contributed by atoms with Gasteiger partial charge in [-0.05, 0) is 80.7 Å². The first-order valence-electron chi connectivity index (χ1n) is 23.5. The minimum atomic E-state index is -0.318. The number of benzene rings is 6. The van der Waals surface area contributed by atoms with Crippen LogP contribution in [0.2, 0.25) is 0 Å². The Kier molecular flexibility index (Phi) is 12.9. The molecule has 0 bridgehead atoms. The van der Waals surface area contributed by atoms with Crippen molar-refractivity contribution in [2.45, 2.75) is 112 Å². The molecule has 0 saturated heterocycles. The van der Waals surface area contributed by atoms with Crippen molar-refractivity contribution in [1.29, 1.82) is 0 Å². The quantitative estimate of drug-likeness (QED) is 0.146. The van der Waals surface area contributed by atoms with E-state index < -0.39 is 0 Å². The number of hydrogen-bond acceptors (Lipinski definition) is 4. The summed E-state index contributed by atoms with van der Waals surface area (Å²) in [5, 5.41) is 13.4. The van der Waals surface area contributed by atoms with Gasteiger partial charge in [-0.25, -0.2) is 4.98 Å². The van der Waals surface area contributed by atoms with Crippen LogP contribution in [0, 0.1) is 6.07 Å². The Bertz CT molecular complexity index is 3240. The number of rotatable bonds is 9. The van der Waals surface area contributed by atoms with Crippen molar-refractivity contribution in [1.82, 2.24) is 14.5 Å². The van der Waals surface area contributed by atoms with Gasteiger partial charge in [-0.15, -0.1) is 29.8 Å². The summed E-state index contributed by atoms with van der Waals surface area (Å²) in [6, 6.07) is 48.7. The topological polar surface area (TPSA) is 64.1 Å². The van der Waals surface area contributed by atoms with E-state index in [1.807, 2.05) is 12.3 Å². The number of aromatic hydroxyl groups is 1. The molecule has 67 heavy (non-hydrogen) atoms. The van der Waals surface area contributed by atoms with Gasteiger partial charge in [0.1, 0.15) is 17.3 Å². The Hall–Kier alpha value is -6.03. The monoisotopic (exact) mass is 1060 g/mol. The van der Waals surface area contributed by atoms with Gasteiger partial charge in [0.05, 0.1) is 28.5 Å². The van der Waals surface area contributed by atoms with E-state index in [1.54, 1.807) is 0 Å². The van der Waals surface area contributed by atoms with E-state index in [9.17, 15) is 5.11 Å². The second kappa shape index (κ2) is 18.2. The molecule has 0 radical (unpaired) electrons. The summed E-state index contributed by atoms with van der Waals surface area (Å²) in [6.07, 6.45) is 1.85. The molecule has 0 unspecified atom stereocenters. The van der Waals surface area contributed by atoms with E-state index in [1.165, 1.54) is 22.3 Å². The second-order valence-corrected chi connectivity index (χ2v) is 21.0. The van der Waals surface area contributed by atoms with Crippen molar-refractivity contribution in [3.63, 3.8) is 0 Å². The van der Waals surface area contributed by atoms with Crippen LogP contribution in [-0.2, 0) is 31.9 Å². The molecule has 9 rings (SSSR count). The number of imidazole rings is 1. The normalized spacial score (nSPS) is 12.2. The van der Waals surface area contributed by atoms with Gasteiger partial charge in [-0.3, -0.25) is 9.55 Å². The van der Waals surface area contributed by atoms with Crippen LogP contribution in [0.5, 0.6) is 5.75 Å². The summed E-state index contributed by atoms with van der Waals surface area (Å²) in [6.45, 7) is 26.7. The van der Waals surface area contributed by atoms with Crippen LogP contribution in [0.3, 0.4) is 0 Å². The standard InChI is InChI=1S/C61H62N3O2.Pt/c1-36(2)42-29-47(37(3)4)56(48(30-42)38(5)6)54-32-43-31-51(62-35-55(43)66-54)41-23-18-22-40(28-41)46-25-19-27-53-57(46)63-59(49-33-44(60(7,8)9)34-50(58(49)65)61(10,11)12)64(53)52-26-17-16-24-45(52)39-20-14-13-15-21-39;/h13-27,29-38,65H,1-12H3;/q-1;. The molecule has 0 aliphatic heterocycles. The molecule has 1 N–H and O–H groups in total. The van der Waals surface area contributed by atoms with E-state index in [-0.39, 0.29) is 37.6 Å². The molecule has 0 fully saturated rings. The van der Waals surface area contributed by atoms with Gasteiger partial charge in [0.25, 0.3) is 0 Å². The Morgan fingerprint density at radius 2 is 1.27 bits per heavy atom. The Morgan fingerprint density at radius 3 is 1.93 bits per heavy atom. The predicted octanol–water partition coefficient (Wildman–Crippen LogP) is 17.0. The van der Waals surface area contributed by atoms with Gasteiger partial charge in [0.15, 0.2) is 5.58 Å². The zero-order chi connectivity index (χ0) is 46.8. The maximum atomic E-state index is 12.4. The van der Waals surface area contributed by atoms with Gasteiger partial charge in [0.2, 0.25) is 0 Å². The van der Waals surface area contributed by atoms with Crippen molar-refractivity contribution in [2.24, 2.45) is 0 Å². The molecule has 0 saturated carbocycles. The molecule has 0 amide bonds. The predicted molar refractivity (Wildman–Crippen MR) is 276 cm³/mol. The fraction of sp³-hybridized carbons (Fsp3) is 0.279. The van der Waals surface area contributed by atoms with Gasteiger partial charge in [0, 0.05) is 48.8 Å². The minimum Gasteiger partial charge on any atom is -0.507 e. The second-order valence-electron chi connectivity index (χ2n) is 21.0. The third kappa shape index (κ3) is 8.96. The van der Waals surface area contributed by atoms with Gasteiger partial charge in [-0.2, -0.15) is 0 Å². The smallest absolute Gasteiger partial charge is 0.151 e. The molecule has 6 heteroatoms. The SMILES string of the molecule is CC(C)c1cc(C(C)C)c(-c2cc3cc(-c4[c-]c(-c5cccc6c5nc(-c5cc(C(C)(C)C)cc(C(C)(C)C)c5O)n6-c5ccccc5-c5ccccc5)ccc4)ncc3o2)c(C(C)C)c1.[Pt]. The van der Waals surface area contributed by atoms with Crippen LogP contribution in [-0.4, -0.2) is 19.6 Å². The zero-order valence-electron chi connectivity index (χ0n) is 40.9. The molecule has 3 aromatic heterocycles. The van der Waals surface area contributed by atoms with Crippen LogP contribution in [0.25, 0.3) is 83.9 Å². The molecule has 3 heterocycles. The molecule has 9 aromatic rings. The van der Waals surface area contributed by atoms with E-state index in [4.69, 9.17) is 14.4 Å². The van der Waals surface area contributed by atoms with E-state index in [0.717, 1.165) is 78.1 Å². The number of para-hydroxylation sites is 2. The molecule has 0 aliphatic rings. The fourth-order valence-electron chi connectivity index (χ4n) is 9.31. The maximum absolute atomic E-state index is 12.4. The summed E-state index contributed by atoms with van der Waals surface area (Å²) >= 11 is 0. The van der Waals surface area contributed by atoms with Gasteiger partial charge < -0.3 is 9.52 Å². The number of pyridine rings is 1. The van der Waals surface area contributed by atoms with E-state index >= 15 is 0 Å². The number of phenols is 1. The van der Waals surface area contributed by atoms with Crippen molar-refractivity contribution in [3.8, 4) is 67.7 Å². The fourth-order valence-corrected chi connectivity index (χ4v) is 9.31. The minimum absolute atomic E-state index is 0. The molecule has 0 spiro atoms. The number of furan rings is 1. The molecular formula is C61H62N3O2Pt-. The van der Waals surface area contributed by atoms with Crippen LogP contribution < -0.4 is 0 Å². The summed E-state index contributed by atoms with van der Waals surface area (Å²) in [5.41, 5.74) is 16.6. The zero-order valence-corrected chi connectivity index (χ0v) is 43.2. The molecule has 0 atom stereocenters. The van der Waals surface area contributed by atoms with Crippen molar-refractivity contribution < 1.29 is 30.6 Å². The Morgan fingerprint density at radius 1 is 0.627 bits per heavy atom. The number of fused-ring (bicyclic) bond motifs is 2. The number of phenolic OH excluding ortho intramolecular Hbond substituents is 1. The molecule has 5 nitrogen and oxygen atoms in total. The molecule has 0 aliphatic carbocycles. The first-order valence-corrected chi connectivity index (χ1v) is 23.5. The summed E-state index contributed by atoms with van der Waals surface area (Å²) in [7, 11) is 0. The molecule has 6 aromatic carbocycles. The molecular weight excluding hydrogens is 1000 g/mol. The number of nitrogens with zero attached hydrogens (tertiary/aromatic N) is 3. The maximum Gasteiger partial charge on any atom is 0.151 e. The van der Waals surface area contributed by atoms with E-state index in [0.29, 0.717) is 29.1 Å². The largest absolute Gasteiger partial charge is 0.507 e. The average Bonchev–Trinajstić information content (AvgIpc) is 3.90. The average molecular weight is 1060 g/mol.